The van der Waals surface area contributed by atoms with Crippen molar-refractivity contribution in [1.82, 2.24) is 4.90 Å². The van der Waals surface area contributed by atoms with E-state index in [1.165, 1.54) is 0 Å². The molecule has 1 rings (SSSR count). The second-order valence-electron chi connectivity index (χ2n) is 4.81. The lowest BCUT2D eigenvalue weighted by Gasteiger charge is -2.25. The quantitative estimate of drug-likeness (QED) is 0.824. The van der Waals surface area contributed by atoms with Gasteiger partial charge in [-0.25, -0.2) is 0 Å². The normalized spacial score (nSPS) is 13.0. The minimum atomic E-state index is -0.789. The SMILES string of the molecule is CC(C)CCN(C)C(C(=O)O)c1ccccc1. The fourth-order valence-corrected chi connectivity index (χ4v) is 1.81. The second kappa shape index (κ2) is 6.40. The van der Waals surface area contributed by atoms with Crippen molar-refractivity contribution in [3.63, 3.8) is 0 Å². The van der Waals surface area contributed by atoms with Crippen LogP contribution in [0.2, 0.25) is 0 Å². The van der Waals surface area contributed by atoms with E-state index < -0.39 is 12.0 Å². The van der Waals surface area contributed by atoms with Gasteiger partial charge in [0, 0.05) is 0 Å². The van der Waals surface area contributed by atoms with Crippen LogP contribution in [0, 0.1) is 5.92 Å². The summed E-state index contributed by atoms with van der Waals surface area (Å²) in [7, 11) is 1.87. The first-order chi connectivity index (χ1) is 8.02. The third-order valence-corrected chi connectivity index (χ3v) is 2.85. The first-order valence-electron chi connectivity index (χ1n) is 6.00. The third kappa shape index (κ3) is 4.19. The highest BCUT2D eigenvalue weighted by Crippen LogP contribution is 2.20. The maximum absolute atomic E-state index is 11.3. The molecule has 17 heavy (non-hydrogen) atoms. The summed E-state index contributed by atoms with van der Waals surface area (Å²) in [6.45, 7) is 5.09. The smallest absolute Gasteiger partial charge is 0.325 e. The third-order valence-electron chi connectivity index (χ3n) is 2.85. The molecule has 0 aromatic heterocycles. The van der Waals surface area contributed by atoms with Gasteiger partial charge in [-0.1, -0.05) is 44.2 Å². The molecule has 1 unspecified atom stereocenters. The summed E-state index contributed by atoms with van der Waals surface area (Å²) in [6.07, 6.45) is 1.01. The van der Waals surface area contributed by atoms with Crippen LogP contribution in [0.1, 0.15) is 31.9 Å². The van der Waals surface area contributed by atoms with Crippen molar-refractivity contribution in [2.45, 2.75) is 26.3 Å². The van der Waals surface area contributed by atoms with E-state index in [9.17, 15) is 9.90 Å². The molecule has 0 aliphatic heterocycles. The van der Waals surface area contributed by atoms with Gasteiger partial charge >= 0.3 is 5.97 Å². The fraction of sp³-hybridized carbons (Fsp3) is 0.500. The average Bonchev–Trinajstić information content (AvgIpc) is 2.27. The molecule has 0 radical (unpaired) electrons. The van der Waals surface area contributed by atoms with E-state index in [0.29, 0.717) is 5.92 Å². The van der Waals surface area contributed by atoms with E-state index in [2.05, 4.69) is 13.8 Å². The number of likely N-dealkylation sites (N-methyl/N-ethyl adjacent to an activating group) is 1. The summed E-state index contributed by atoms with van der Waals surface area (Å²) in [5.74, 6) is -0.204. The van der Waals surface area contributed by atoms with Crippen LogP contribution in [0.25, 0.3) is 0 Å². The Balaban J connectivity index is 2.76. The van der Waals surface area contributed by atoms with Gasteiger partial charge in [-0.3, -0.25) is 9.69 Å². The predicted molar refractivity (Wildman–Crippen MR) is 68.9 cm³/mol. The van der Waals surface area contributed by atoms with Gasteiger partial charge in [0.05, 0.1) is 0 Å². The maximum Gasteiger partial charge on any atom is 0.325 e. The number of hydrogen-bond donors (Lipinski definition) is 1. The molecule has 1 atom stereocenters. The Bertz CT molecular complexity index is 348. The summed E-state index contributed by atoms with van der Waals surface area (Å²) in [4.78, 5) is 13.2. The number of carboxylic acids is 1. The van der Waals surface area contributed by atoms with Crippen molar-refractivity contribution in [1.29, 1.82) is 0 Å². The molecule has 0 saturated carbocycles. The van der Waals surface area contributed by atoms with E-state index in [-0.39, 0.29) is 0 Å². The van der Waals surface area contributed by atoms with Crippen LogP contribution in [0.3, 0.4) is 0 Å². The molecule has 0 bridgehead atoms. The molecule has 1 aromatic rings. The molecule has 1 aromatic carbocycles. The Morgan fingerprint density at radius 1 is 1.29 bits per heavy atom. The Morgan fingerprint density at radius 2 is 1.88 bits per heavy atom. The van der Waals surface area contributed by atoms with E-state index in [4.69, 9.17) is 0 Å². The molecule has 1 N–H and O–H groups in total. The number of benzene rings is 1. The van der Waals surface area contributed by atoms with Crippen LogP contribution < -0.4 is 0 Å². The lowest BCUT2D eigenvalue weighted by molar-refractivity contribution is -0.143. The van der Waals surface area contributed by atoms with Crippen LogP contribution in [-0.2, 0) is 4.79 Å². The monoisotopic (exact) mass is 235 g/mol. The summed E-state index contributed by atoms with van der Waals surface area (Å²) in [5, 5.41) is 9.32. The Kier molecular flexibility index (Phi) is 5.16. The first-order valence-corrected chi connectivity index (χ1v) is 6.00. The number of carboxylic acid groups (broad SMARTS) is 1. The summed E-state index contributed by atoms with van der Waals surface area (Å²) in [6, 6.07) is 8.84. The highest BCUT2D eigenvalue weighted by Gasteiger charge is 2.24. The zero-order valence-corrected chi connectivity index (χ0v) is 10.8. The lowest BCUT2D eigenvalue weighted by atomic mass is 10.0. The minimum Gasteiger partial charge on any atom is -0.480 e. The minimum absolute atomic E-state index is 0.546. The Labute approximate surface area is 103 Å². The lowest BCUT2D eigenvalue weighted by Crippen LogP contribution is -2.32. The van der Waals surface area contributed by atoms with Crippen molar-refractivity contribution in [3.8, 4) is 0 Å². The van der Waals surface area contributed by atoms with E-state index in [0.717, 1.165) is 18.5 Å². The molecule has 0 saturated heterocycles. The van der Waals surface area contributed by atoms with Crippen molar-refractivity contribution in [2.24, 2.45) is 5.92 Å². The van der Waals surface area contributed by atoms with Gasteiger partial charge in [0.2, 0.25) is 0 Å². The number of aliphatic carboxylic acids is 1. The summed E-state index contributed by atoms with van der Waals surface area (Å²) in [5.41, 5.74) is 0.839. The Hall–Kier alpha value is -1.35. The molecular formula is C14H21NO2. The molecular weight excluding hydrogens is 214 g/mol. The van der Waals surface area contributed by atoms with Gasteiger partial charge in [0.15, 0.2) is 0 Å². The number of carbonyl (C=O) groups is 1. The molecule has 0 amide bonds. The molecule has 0 aliphatic rings. The standard InChI is InChI=1S/C14H21NO2/c1-11(2)9-10-15(3)13(14(16)17)12-7-5-4-6-8-12/h4-8,11,13H,9-10H2,1-3H3,(H,16,17). The number of nitrogens with zero attached hydrogens (tertiary/aromatic N) is 1. The first kappa shape index (κ1) is 13.7. The van der Waals surface area contributed by atoms with Gasteiger partial charge in [-0.05, 0) is 31.5 Å². The maximum atomic E-state index is 11.3. The highest BCUT2D eigenvalue weighted by molar-refractivity contribution is 5.75. The van der Waals surface area contributed by atoms with Crippen LogP contribution in [0.4, 0.5) is 0 Å². The molecule has 3 nitrogen and oxygen atoms in total. The molecule has 0 fully saturated rings. The van der Waals surface area contributed by atoms with Crippen molar-refractivity contribution in [2.75, 3.05) is 13.6 Å². The topological polar surface area (TPSA) is 40.5 Å². The van der Waals surface area contributed by atoms with Gasteiger partial charge < -0.3 is 5.11 Å². The second-order valence-corrected chi connectivity index (χ2v) is 4.81. The van der Waals surface area contributed by atoms with Gasteiger partial charge in [-0.15, -0.1) is 0 Å². The molecule has 0 aliphatic carbocycles. The highest BCUT2D eigenvalue weighted by atomic mass is 16.4. The average molecular weight is 235 g/mol. The van der Waals surface area contributed by atoms with Gasteiger partial charge in [-0.2, -0.15) is 0 Å². The van der Waals surface area contributed by atoms with Gasteiger partial charge in [0.1, 0.15) is 6.04 Å². The molecule has 0 spiro atoms. The summed E-state index contributed by atoms with van der Waals surface area (Å²) < 4.78 is 0. The fourth-order valence-electron chi connectivity index (χ4n) is 1.81. The largest absolute Gasteiger partial charge is 0.480 e. The van der Waals surface area contributed by atoms with E-state index in [1.807, 2.05) is 42.3 Å². The van der Waals surface area contributed by atoms with Crippen LogP contribution in [0.5, 0.6) is 0 Å². The zero-order chi connectivity index (χ0) is 12.8. The van der Waals surface area contributed by atoms with Crippen molar-refractivity contribution >= 4 is 5.97 Å². The van der Waals surface area contributed by atoms with Crippen molar-refractivity contribution < 1.29 is 9.90 Å². The number of rotatable bonds is 6. The van der Waals surface area contributed by atoms with Crippen molar-refractivity contribution in [3.05, 3.63) is 35.9 Å². The van der Waals surface area contributed by atoms with Crippen LogP contribution in [-0.4, -0.2) is 29.6 Å². The zero-order valence-electron chi connectivity index (χ0n) is 10.8. The molecule has 0 heterocycles. The molecule has 94 valence electrons. The van der Waals surface area contributed by atoms with Crippen LogP contribution >= 0.6 is 0 Å². The van der Waals surface area contributed by atoms with E-state index in [1.54, 1.807) is 0 Å². The summed E-state index contributed by atoms with van der Waals surface area (Å²) >= 11 is 0. The predicted octanol–water partition coefficient (Wildman–Crippen LogP) is 2.79. The molecule has 3 heteroatoms. The Morgan fingerprint density at radius 3 is 2.35 bits per heavy atom. The van der Waals surface area contributed by atoms with Crippen LogP contribution in [0.15, 0.2) is 30.3 Å². The van der Waals surface area contributed by atoms with Gasteiger partial charge in [0.25, 0.3) is 0 Å². The number of hydrogen-bond acceptors (Lipinski definition) is 2. The van der Waals surface area contributed by atoms with E-state index >= 15 is 0 Å².